The van der Waals surface area contributed by atoms with Crippen LogP contribution in [0.25, 0.3) is 0 Å². The van der Waals surface area contributed by atoms with Gasteiger partial charge in [0, 0.05) is 7.05 Å². The molecule has 0 aromatic heterocycles. The highest BCUT2D eigenvalue weighted by Gasteiger charge is 2.53. The first-order valence-electron chi connectivity index (χ1n) is 7.73. The summed E-state index contributed by atoms with van der Waals surface area (Å²) in [7, 11) is 3.22. The van der Waals surface area contributed by atoms with Crippen molar-refractivity contribution in [2.24, 2.45) is 5.92 Å². The molecule has 1 aliphatic rings. The van der Waals surface area contributed by atoms with E-state index in [1.54, 1.807) is 19.6 Å². The molecule has 0 bridgehead atoms. The van der Waals surface area contributed by atoms with Crippen molar-refractivity contribution in [1.82, 2.24) is 10.4 Å². The minimum Gasteiger partial charge on any atom is -0.497 e. The highest BCUT2D eigenvalue weighted by molar-refractivity contribution is 5.95. The molecule has 1 aliphatic carbocycles. The van der Waals surface area contributed by atoms with Crippen LogP contribution in [0.2, 0.25) is 0 Å². The Morgan fingerprint density at radius 1 is 1.26 bits per heavy atom. The van der Waals surface area contributed by atoms with Crippen molar-refractivity contribution < 1.29 is 19.5 Å². The smallest absolute Gasteiger partial charge is 0.266 e. The van der Waals surface area contributed by atoms with Crippen molar-refractivity contribution in [1.29, 1.82) is 0 Å². The van der Waals surface area contributed by atoms with Gasteiger partial charge in [0.2, 0.25) is 5.91 Å². The Morgan fingerprint density at radius 2 is 1.83 bits per heavy atom. The molecule has 6 nitrogen and oxygen atoms in total. The summed E-state index contributed by atoms with van der Waals surface area (Å²) in [5, 5.41) is 8.93. The Labute approximate surface area is 136 Å². The maximum absolute atomic E-state index is 13.0. The van der Waals surface area contributed by atoms with Crippen LogP contribution in [0.4, 0.5) is 0 Å². The molecule has 0 aliphatic heterocycles. The molecule has 1 unspecified atom stereocenters. The van der Waals surface area contributed by atoms with E-state index in [-0.39, 0.29) is 11.8 Å². The van der Waals surface area contributed by atoms with Gasteiger partial charge < -0.3 is 9.64 Å². The maximum Gasteiger partial charge on any atom is 0.266 e. The first-order valence-corrected chi connectivity index (χ1v) is 7.73. The molecule has 2 N–H and O–H groups in total. The summed E-state index contributed by atoms with van der Waals surface area (Å²) in [4.78, 5) is 26.3. The topological polar surface area (TPSA) is 78.9 Å². The molecule has 2 amide bonds. The summed E-state index contributed by atoms with van der Waals surface area (Å²) in [6.07, 6.45) is 1.52. The van der Waals surface area contributed by atoms with Crippen LogP contribution in [0.1, 0.15) is 32.3 Å². The summed E-state index contributed by atoms with van der Waals surface area (Å²) in [6.45, 7) is 3.69. The third kappa shape index (κ3) is 3.17. The van der Waals surface area contributed by atoms with Crippen LogP contribution in [0.15, 0.2) is 24.3 Å². The van der Waals surface area contributed by atoms with E-state index in [9.17, 15) is 9.59 Å². The molecule has 2 rings (SSSR count). The monoisotopic (exact) mass is 320 g/mol. The Kier molecular flexibility index (Phi) is 4.94. The van der Waals surface area contributed by atoms with Gasteiger partial charge in [-0.05, 0) is 36.5 Å². The molecule has 1 aromatic rings. The van der Waals surface area contributed by atoms with E-state index in [0.717, 1.165) is 24.2 Å². The number of ether oxygens (including phenoxy) is 1. The van der Waals surface area contributed by atoms with Crippen LogP contribution >= 0.6 is 0 Å². The summed E-state index contributed by atoms with van der Waals surface area (Å²) >= 11 is 0. The normalized spacial score (nSPS) is 16.6. The number of hydrogen-bond donors (Lipinski definition) is 2. The van der Waals surface area contributed by atoms with E-state index in [1.807, 2.05) is 38.1 Å². The van der Waals surface area contributed by atoms with Crippen molar-refractivity contribution in [3.8, 4) is 5.75 Å². The standard InChI is InChI=1S/C17H24N2O4/c1-11(2)14(15(20)18-22)19(3)16(21)17(9-10-17)12-5-7-13(23-4)8-6-12/h5-8,11,14,22H,9-10H2,1-4H3,(H,18,20). The van der Waals surface area contributed by atoms with Gasteiger partial charge in [0.15, 0.2) is 0 Å². The molecule has 6 heteroatoms. The van der Waals surface area contributed by atoms with Crippen LogP contribution in [0.3, 0.4) is 0 Å². The summed E-state index contributed by atoms with van der Waals surface area (Å²) < 4.78 is 5.15. The Bertz CT molecular complexity index is 579. The molecule has 0 spiro atoms. The molecule has 0 radical (unpaired) electrons. The fourth-order valence-electron chi connectivity index (χ4n) is 3.12. The number of carbonyl (C=O) groups excluding carboxylic acids is 2. The van der Waals surface area contributed by atoms with E-state index in [0.29, 0.717) is 0 Å². The average molecular weight is 320 g/mol. The molecular weight excluding hydrogens is 296 g/mol. The van der Waals surface area contributed by atoms with E-state index in [1.165, 1.54) is 4.90 Å². The quantitative estimate of drug-likeness (QED) is 0.618. The van der Waals surface area contributed by atoms with Crippen molar-refractivity contribution in [2.45, 2.75) is 38.1 Å². The van der Waals surface area contributed by atoms with Crippen molar-refractivity contribution in [3.05, 3.63) is 29.8 Å². The number of benzene rings is 1. The molecule has 0 saturated heterocycles. The van der Waals surface area contributed by atoms with Gasteiger partial charge in [0.05, 0.1) is 12.5 Å². The van der Waals surface area contributed by atoms with Crippen LogP contribution in [0.5, 0.6) is 5.75 Å². The zero-order chi connectivity index (χ0) is 17.2. The van der Waals surface area contributed by atoms with E-state index in [4.69, 9.17) is 9.94 Å². The summed E-state index contributed by atoms with van der Waals surface area (Å²) in [6, 6.07) is 6.76. The zero-order valence-electron chi connectivity index (χ0n) is 14.0. The molecule has 23 heavy (non-hydrogen) atoms. The largest absolute Gasteiger partial charge is 0.497 e. The van der Waals surface area contributed by atoms with Gasteiger partial charge in [-0.15, -0.1) is 0 Å². The van der Waals surface area contributed by atoms with Crippen molar-refractivity contribution in [2.75, 3.05) is 14.2 Å². The first-order chi connectivity index (χ1) is 10.9. The minimum absolute atomic E-state index is 0.0926. The highest BCUT2D eigenvalue weighted by atomic mass is 16.5. The molecule has 1 fully saturated rings. The molecule has 0 heterocycles. The van der Waals surface area contributed by atoms with Crippen LogP contribution in [0, 0.1) is 5.92 Å². The van der Waals surface area contributed by atoms with Crippen LogP contribution < -0.4 is 10.2 Å². The molecule has 1 atom stereocenters. The number of methoxy groups -OCH3 is 1. The van der Waals surface area contributed by atoms with Gasteiger partial charge in [0.1, 0.15) is 11.8 Å². The first kappa shape index (κ1) is 17.3. The fraction of sp³-hybridized carbons (Fsp3) is 0.529. The summed E-state index contributed by atoms with van der Waals surface area (Å²) in [5.41, 5.74) is 2.03. The van der Waals surface area contributed by atoms with Gasteiger partial charge >= 0.3 is 0 Å². The number of likely N-dealkylation sites (N-methyl/N-ethyl adjacent to an activating group) is 1. The Hall–Kier alpha value is -2.08. The van der Waals surface area contributed by atoms with E-state index >= 15 is 0 Å². The predicted molar refractivity (Wildman–Crippen MR) is 85.2 cm³/mol. The number of rotatable bonds is 6. The second-order valence-corrected chi connectivity index (χ2v) is 6.39. The van der Waals surface area contributed by atoms with Gasteiger partial charge in [-0.3, -0.25) is 14.8 Å². The average Bonchev–Trinajstić information content (AvgIpc) is 3.35. The molecule has 1 saturated carbocycles. The minimum atomic E-state index is -0.705. The zero-order valence-corrected chi connectivity index (χ0v) is 14.0. The molecule has 1 aromatic carbocycles. The van der Waals surface area contributed by atoms with Crippen LogP contribution in [-0.4, -0.2) is 42.1 Å². The Morgan fingerprint density at radius 3 is 2.22 bits per heavy atom. The fourth-order valence-corrected chi connectivity index (χ4v) is 3.12. The number of amides is 2. The number of nitrogens with one attached hydrogen (secondary N) is 1. The molecular formula is C17H24N2O4. The van der Waals surface area contributed by atoms with Crippen LogP contribution in [-0.2, 0) is 15.0 Å². The van der Waals surface area contributed by atoms with E-state index in [2.05, 4.69) is 0 Å². The second kappa shape index (κ2) is 6.58. The number of carbonyl (C=O) groups is 2. The Balaban J connectivity index is 2.25. The molecule has 126 valence electrons. The van der Waals surface area contributed by atoms with Crippen molar-refractivity contribution >= 4 is 11.8 Å². The van der Waals surface area contributed by atoms with Crippen molar-refractivity contribution in [3.63, 3.8) is 0 Å². The van der Waals surface area contributed by atoms with Gasteiger partial charge in [-0.2, -0.15) is 0 Å². The third-order valence-corrected chi connectivity index (χ3v) is 4.55. The van der Waals surface area contributed by atoms with Gasteiger partial charge in [-0.25, -0.2) is 5.48 Å². The second-order valence-electron chi connectivity index (χ2n) is 6.39. The lowest BCUT2D eigenvalue weighted by Crippen LogP contribution is -2.52. The maximum atomic E-state index is 13.0. The predicted octanol–water partition coefficient (Wildman–Crippen LogP) is 1.72. The summed E-state index contributed by atoms with van der Waals surface area (Å²) in [5.74, 6) is -0.0285. The SMILES string of the molecule is COc1ccc(C2(C(=O)N(C)C(C(=O)NO)C(C)C)CC2)cc1. The highest BCUT2D eigenvalue weighted by Crippen LogP contribution is 2.50. The number of hydroxylamine groups is 1. The lowest BCUT2D eigenvalue weighted by atomic mass is 9.92. The lowest BCUT2D eigenvalue weighted by molar-refractivity contribution is -0.146. The number of nitrogens with zero attached hydrogens (tertiary/aromatic N) is 1. The lowest BCUT2D eigenvalue weighted by Gasteiger charge is -2.32. The third-order valence-electron chi connectivity index (χ3n) is 4.55. The van der Waals surface area contributed by atoms with E-state index < -0.39 is 17.4 Å². The number of hydrogen-bond acceptors (Lipinski definition) is 4. The van der Waals surface area contributed by atoms with Gasteiger partial charge in [0.25, 0.3) is 5.91 Å². The van der Waals surface area contributed by atoms with Gasteiger partial charge in [-0.1, -0.05) is 26.0 Å².